The van der Waals surface area contributed by atoms with Gasteiger partial charge in [-0.1, -0.05) is 13.8 Å². The van der Waals surface area contributed by atoms with E-state index in [-0.39, 0.29) is 16.9 Å². The third-order valence-corrected chi connectivity index (χ3v) is 3.41. The highest BCUT2D eigenvalue weighted by Gasteiger charge is 2.13. The molecule has 0 aromatic carbocycles. The van der Waals surface area contributed by atoms with Gasteiger partial charge in [-0.05, 0) is 39.9 Å². The summed E-state index contributed by atoms with van der Waals surface area (Å²) in [6.07, 6.45) is 0.885. The first-order chi connectivity index (χ1) is 9.49. The van der Waals surface area contributed by atoms with Gasteiger partial charge in [0.1, 0.15) is 5.56 Å². The monoisotopic (exact) mass is 279 g/mol. The van der Waals surface area contributed by atoms with Gasteiger partial charge in [-0.25, -0.2) is 0 Å². The quantitative estimate of drug-likeness (QED) is 0.743. The largest absolute Gasteiger partial charge is 0.362 e. The normalized spacial score (nSPS) is 10.8. The number of nitrogens with zero attached hydrogens (tertiary/aromatic N) is 1. The lowest BCUT2D eigenvalue weighted by Crippen LogP contribution is -2.33. The molecule has 0 aliphatic heterocycles. The summed E-state index contributed by atoms with van der Waals surface area (Å²) >= 11 is 0. The smallest absolute Gasteiger partial charge is 0.257 e. The molecule has 0 bridgehead atoms. The summed E-state index contributed by atoms with van der Waals surface area (Å²) in [5.74, 6) is -0.289. The predicted molar refractivity (Wildman–Crippen MR) is 81.3 cm³/mol. The lowest BCUT2D eigenvalue weighted by molar-refractivity contribution is 0.0949. The number of carbonyl (C=O) groups is 1. The lowest BCUT2D eigenvalue weighted by atomic mass is 10.1. The fourth-order valence-corrected chi connectivity index (χ4v) is 2.26. The van der Waals surface area contributed by atoms with Gasteiger partial charge < -0.3 is 15.2 Å². The Balaban J connectivity index is 2.54. The van der Waals surface area contributed by atoms with E-state index in [1.807, 2.05) is 0 Å². The average molecular weight is 279 g/mol. The Kier molecular flexibility index (Phi) is 6.45. The molecule has 20 heavy (non-hydrogen) atoms. The molecular weight excluding hydrogens is 254 g/mol. The lowest BCUT2D eigenvalue weighted by Gasteiger charge is -2.17. The van der Waals surface area contributed by atoms with E-state index in [2.05, 4.69) is 29.0 Å². The Morgan fingerprint density at radius 2 is 1.95 bits per heavy atom. The number of aromatic amines is 1. The van der Waals surface area contributed by atoms with Gasteiger partial charge in [0.2, 0.25) is 0 Å². The van der Waals surface area contributed by atoms with E-state index in [9.17, 15) is 9.59 Å². The van der Waals surface area contributed by atoms with Gasteiger partial charge in [-0.2, -0.15) is 0 Å². The number of H-pyrrole nitrogens is 1. The molecule has 1 aromatic rings. The molecule has 0 saturated carbocycles. The van der Waals surface area contributed by atoms with E-state index in [0.717, 1.165) is 31.7 Å². The van der Waals surface area contributed by atoms with Crippen LogP contribution >= 0.6 is 0 Å². The van der Waals surface area contributed by atoms with Crippen LogP contribution in [0.4, 0.5) is 0 Å². The number of pyridine rings is 1. The topological polar surface area (TPSA) is 65.2 Å². The van der Waals surface area contributed by atoms with Crippen molar-refractivity contribution in [1.82, 2.24) is 15.2 Å². The first-order valence-electron chi connectivity index (χ1n) is 7.20. The van der Waals surface area contributed by atoms with Crippen molar-refractivity contribution in [3.63, 3.8) is 0 Å². The first kappa shape index (κ1) is 16.4. The van der Waals surface area contributed by atoms with E-state index in [1.54, 1.807) is 13.8 Å². The fourth-order valence-electron chi connectivity index (χ4n) is 2.26. The van der Waals surface area contributed by atoms with Gasteiger partial charge in [0.25, 0.3) is 5.91 Å². The van der Waals surface area contributed by atoms with E-state index < -0.39 is 0 Å². The maximum Gasteiger partial charge on any atom is 0.257 e. The van der Waals surface area contributed by atoms with Gasteiger partial charge in [-0.15, -0.1) is 0 Å². The molecule has 5 nitrogen and oxygen atoms in total. The number of nitrogens with one attached hydrogen (secondary N) is 2. The summed E-state index contributed by atoms with van der Waals surface area (Å²) in [6, 6.07) is 1.46. The Morgan fingerprint density at radius 1 is 1.30 bits per heavy atom. The molecule has 0 saturated heterocycles. The second-order valence-electron chi connectivity index (χ2n) is 4.95. The number of aryl methyl sites for hydroxylation is 2. The molecule has 1 rings (SSSR count). The minimum absolute atomic E-state index is 0.221. The molecule has 0 radical (unpaired) electrons. The van der Waals surface area contributed by atoms with Crippen molar-refractivity contribution in [3.8, 4) is 0 Å². The Labute approximate surface area is 120 Å². The molecular formula is C15H25N3O2. The van der Waals surface area contributed by atoms with Crippen molar-refractivity contribution in [3.05, 3.63) is 33.2 Å². The highest BCUT2D eigenvalue weighted by molar-refractivity contribution is 5.95. The van der Waals surface area contributed by atoms with Crippen LogP contribution < -0.4 is 10.7 Å². The zero-order chi connectivity index (χ0) is 15.1. The zero-order valence-electron chi connectivity index (χ0n) is 12.9. The number of hydrogen-bond donors (Lipinski definition) is 2. The van der Waals surface area contributed by atoms with Crippen molar-refractivity contribution in [2.45, 2.75) is 34.1 Å². The molecule has 0 aliphatic rings. The Hall–Kier alpha value is -1.62. The predicted octanol–water partition coefficient (Wildman–Crippen LogP) is 1.45. The third kappa shape index (κ3) is 4.49. The van der Waals surface area contributed by atoms with Gasteiger partial charge in [0.05, 0.1) is 0 Å². The van der Waals surface area contributed by atoms with Crippen molar-refractivity contribution in [1.29, 1.82) is 0 Å². The van der Waals surface area contributed by atoms with Gasteiger partial charge in [0, 0.05) is 24.0 Å². The Morgan fingerprint density at radius 3 is 2.50 bits per heavy atom. The van der Waals surface area contributed by atoms with E-state index in [4.69, 9.17) is 0 Å². The SMILES string of the molecule is CCN(CC)CCCNC(=O)c1c(C)[nH]c(C)cc1=O. The summed E-state index contributed by atoms with van der Waals surface area (Å²) in [5, 5.41) is 2.82. The second kappa shape index (κ2) is 7.85. The number of carbonyl (C=O) groups excluding carboxylic acids is 1. The molecule has 1 heterocycles. The van der Waals surface area contributed by atoms with Gasteiger partial charge in [-0.3, -0.25) is 9.59 Å². The number of amides is 1. The van der Waals surface area contributed by atoms with Crippen LogP contribution in [-0.2, 0) is 0 Å². The highest BCUT2D eigenvalue weighted by atomic mass is 16.2. The standard InChI is InChI=1S/C15H25N3O2/c1-5-18(6-2)9-7-8-16-15(20)14-12(4)17-11(3)10-13(14)19/h10H,5-9H2,1-4H3,(H,16,20)(H,17,19). The van der Waals surface area contributed by atoms with Crippen LogP contribution in [0.2, 0.25) is 0 Å². The summed E-state index contributed by atoms with van der Waals surface area (Å²) in [4.78, 5) is 29.2. The van der Waals surface area contributed by atoms with Crippen LogP contribution in [0.1, 0.15) is 42.0 Å². The van der Waals surface area contributed by atoms with E-state index in [0.29, 0.717) is 12.2 Å². The summed E-state index contributed by atoms with van der Waals surface area (Å²) < 4.78 is 0. The number of hydrogen-bond acceptors (Lipinski definition) is 3. The molecule has 1 amide bonds. The molecule has 0 fully saturated rings. The number of rotatable bonds is 7. The van der Waals surface area contributed by atoms with Crippen molar-refractivity contribution >= 4 is 5.91 Å². The minimum Gasteiger partial charge on any atom is -0.362 e. The van der Waals surface area contributed by atoms with E-state index >= 15 is 0 Å². The molecule has 112 valence electrons. The molecule has 0 unspecified atom stereocenters. The third-order valence-electron chi connectivity index (χ3n) is 3.41. The average Bonchev–Trinajstić information content (AvgIpc) is 2.37. The molecule has 5 heteroatoms. The fraction of sp³-hybridized carbons (Fsp3) is 0.600. The van der Waals surface area contributed by atoms with Crippen molar-refractivity contribution < 1.29 is 4.79 Å². The maximum absolute atomic E-state index is 12.0. The minimum atomic E-state index is -0.289. The van der Waals surface area contributed by atoms with Crippen LogP contribution in [0, 0.1) is 13.8 Å². The molecule has 2 N–H and O–H groups in total. The van der Waals surface area contributed by atoms with Crippen LogP contribution in [0.25, 0.3) is 0 Å². The molecule has 0 spiro atoms. The zero-order valence-corrected chi connectivity index (χ0v) is 12.9. The summed E-state index contributed by atoms with van der Waals surface area (Å²) in [6.45, 7) is 11.4. The first-order valence-corrected chi connectivity index (χ1v) is 7.20. The molecule has 0 aliphatic carbocycles. The summed E-state index contributed by atoms with van der Waals surface area (Å²) in [7, 11) is 0. The van der Waals surface area contributed by atoms with Crippen LogP contribution in [-0.4, -0.2) is 42.0 Å². The molecule has 1 aromatic heterocycles. The maximum atomic E-state index is 12.0. The van der Waals surface area contributed by atoms with Gasteiger partial charge in [0.15, 0.2) is 5.43 Å². The van der Waals surface area contributed by atoms with Crippen LogP contribution in [0.5, 0.6) is 0 Å². The second-order valence-corrected chi connectivity index (χ2v) is 4.95. The highest BCUT2D eigenvalue weighted by Crippen LogP contribution is 2.00. The van der Waals surface area contributed by atoms with Crippen LogP contribution in [0.15, 0.2) is 10.9 Å². The van der Waals surface area contributed by atoms with Crippen molar-refractivity contribution in [2.24, 2.45) is 0 Å². The summed E-state index contributed by atoms with van der Waals surface area (Å²) in [5.41, 5.74) is 1.39. The number of aromatic nitrogens is 1. The van der Waals surface area contributed by atoms with Gasteiger partial charge >= 0.3 is 0 Å². The van der Waals surface area contributed by atoms with Crippen molar-refractivity contribution in [2.75, 3.05) is 26.2 Å². The van der Waals surface area contributed by atoms with Crippen LogP contribution in [0.3, 0.4) is 0 Å². The molecule has 0 atom stereocenters. The van der Waals surface area contributed by atoms with E-state index in [1.165, 1.54) is 6.07 Å². The Bertz CT molecular complexity index is 504.